The van der Waals surface area contributed by atoms with Gasteiger partial charge in [0.05, 0.1) is 6.20 Å². The third-order valence-electron chi connectivity index (χ3n) is 0.766. The molecule has 0 aliphatic rings. The third-order valence-corrected chi connectivity index (χ3v) is 0.766. The standard InChI is InChI=1S/C9H13N/c1-4-5-6-7-10-8-9(2)3/h5,7-8H,2,4H2,1,3H3. The van der Waals surface area contributed by atoms with E-state index in [-0.39, 0.29) is 0 Å². The molecule has 0 amide bonds. The molecule has 0 aromatic rings. The lowest BCUT2D eigenvalue weighted by Gasteiger charge is -1.77. The summed E-state index contributed by atoms with van der Waals surface area (Å²) in [6.07, 6.45) is 6.27. The van der Waals surface area contributed by atoms with Crippen molar-refractivity contribution in [3.05, 3.63) is 30.2 Å². The van der Waals surface area contributed by atoms with Crippen LogP contribution in [-0.2, 0) is 0 Å². The van der Waals surface area contributed by atoms with Gasteiger partial charge in [0.1, 0.15) is 0 Å². The first kappa shape index (κ1) is 8.93. The molecule has 0 aliphatic heterocycles. The van der Waals surface area contributed by atoms with Crippen molar-refractivity contribution in [2.24, 2.45) is 4.99 Å². The molecule has 1 nitrogen and oxygen atoms in total. The minimum Gasteiger partial charge on any atom is -0.256 e. The van der Waals surface area contributed by atoms with Crippen LogP contribution in [-0.4, -0.2) is 6.21 Å². The minimum atomic E-state index is 0.953. The molecule has 1 heteroatoms. The number of hydrogen-bond acceptors (Lipinski definition) is 1. The number of aliphatic imine (C=N–C) groups is 1. The fourth-order valence-electron chi connectivity index (χ4n) is 0.378. The van der Waals surface area contributed by atoms with Crippen LogP contribution in [0.4, 0.5) is 0 Å². The van der Waals surface area contributed by atoms with Gasteiger partial charge in [-0.2, -0.15) is 0 Å². The van der Waals surface area contributed by atoms with Gasteiger partial charge in [-0.3, -0.25) is 4.99 Å². The minimum absolute atomic E-state index is 0.953. The van der Waals surface area contributed by atoms with Gasteiger partial charge in [-0.05, 0) is 25.0 Å². The van der Waals surface area contributed by atoms with E-state index in [0.717, 1.165) is 12.0 Å². The average Bonchev–Trinajstić information content (AvgIpc) is 1.87. The van der Waals surface area contributed by atoms with Gasteiger partial charge in [0, 0.05) is 6.21 Å². The van der Waals surface area contributed by atoms with Crippen LogP contribution in [0.5, 0.6) is 0 Å². The van der Waals surface area contributed by atoms with E-state index in [9.17, 15) is 0 Å². The molecule has 0 bridgehead atoms. The maximum atomic E-state index is 3.92. The average molecular weight is 135 g/mol. The summed E-state index contributed by atoms with van der Waals surface area (Å²) in [5.74, 6) is 0. The normalized spacial score (nSPS) is 9.00. The number of rotatable bonds is 3. The van der Waals surface area contributed by atoms with Crippen molar-refractivity contribution < 1.29 is 0 Å². The van der Waals surface area contributed by atoms with E-state index in [0.29, 0.717) is 0 Å². The summed E-state index contributed by atoms with van der Waals surface area (Å²) in [4.78, 5) is 3.92. The molecule has 0 aliphatic carbocycles. The molecule has 0 N–H and O–H groups in total. The molecule has 0 fully saturated rings. The third kappa shape index (κ3) is 6.93. The van der Waals surface area contributed by atoms with Crippen LogP contribution >= 0.6 is 0 Å². The van der Waals surface area contributed by atoms with Crippen LogP contribution in [0.2, 0.25) is 0 Å². The quantitative estimate of drug-likeness (QED) is 0.417. The zero-order valence-corrected chi connectivity index (χ0v) is 6.59. The van der Waals surface area contributed by atoms with E-state index in [4.69, 9.17) is 0 Å². The van der Waals surface area contributed by atoms with E-state index in [1.54, 1.807) is 12.4 Å². The molecule has 0 saturated carbocycles. The molecule has 0 radical (unpaired) electrons. The van der Waals surface area contributed by atoms with E-state index in [2.05, 4.69) is 24.2 Å². The highest BCUT2D eigenvalue weighted by Gasteiger charge is 1.68. The predicted molar refractivity (Wildman–Crippen MR) is 46.3 cm³/mol. The van der Waals surface area contributed by atoms with Crippen LogP contribution in [0.25, 0.3) is 0 Å². The highest BCUT2D eigenvalue weighted by Crippen LogP contribution is 1.80. The Bertz CT molecular complexity index is 181. The van der Waals surface area contributed by atoms with Crippen LogP contribution in [0.1, 0.15) is 20.3 Å². The van der Waals surface area contributed by atoms with Crippen molar-refractivity contribution in [2.75, 3.05) is 0 Å². The largest absolute Gasteiger partial charge is 0.256 e. The van der Waals surface area contributed by atoms with E-state index >= 15 is 0 Å². The van der Waals surface area contributed by atoms with Crippen LogP contribution in [0.3, 0.4) is 0 Å². The Labute approximate surface area is 62.5 Å². The van der Waals surface area contributed by atoms with Gasteiger partial charge < -0.3 is 0 Å². The SMILES string of the molecule is C=C(C)C=NC=C=CCC. The Morgan fingerprint density at radius 3 is 2.90 bits per heavy atom. The Morgan fingerprint density at radius 1 is 1.70 bits per heavy atom. The topological polar surface area (TPSA) is 12.4 Å². The van der Waals surface area contributed by atoms with Gasteiger partial charge in [0.25, 0.3) is 0 Å². The van der Waals surface area contributed by atoms with Gasteiger partial charge in [-0.1, -0.05) is 13.5 Å². The summed E-state index contributed by atoms with van der Waals surface area (Å²) in [7, 11) is 0. The van der Waals surface area contributed by atoms with E-state index in [1.807, 2.05) is 13.0 Å². The van der Waals surface area contributed by atoms with Gasteiger partial charge in [-0.25, -0.2) is 0 Å². The Hall–Kier alpha value is -1.07. The zero-order valence-electron chi connectivity index (χ0n) is 6.59. The van der Waals surface area contributed by atoms with Crippen molar-refractivity contribution in [1.29, 1.82) is 0 Å². The molecule has 0 aromatic carbocycles. The molecular weight excluding hydrogens is 122 g/mol. The van der Waals surface area contributed by atoms with Crippen molar-refractivity contribution in [3.8, 4) is 0 Å². The summed E-state index contributed by atoms with van der Waals surface area (Å²) in [6.45, 7) is 7.63. The van der Waals surface area contributed by atoms with Crippen LogP contribution < -0.4 is 0 Å². The molecule has 0 rings (SSSR count). The molecular formula is C9H13N. The maximum Gasteiger partial charge on any atom is 0.0683 e. The first-order valence-corrected chi connectivity index (χ1v) is 3.35. The number of allylic oxidation sites excluding steroid dienone is 2. The lowest BCUT2D eigenvalue weighted by Crippen LogP contribution is -1.68. The Morgan fingerprint density at radius 2 is 2.40 bits per heavy atom. The molecule has 0 atom stereocenters. The second-order valence-electron chi connectivity index (χ2n) is 2.03. The highest BCUT2D eigenvalue weighted by atomic mass is 14.7. The molecule has 0 unspecified atom stereocenters. The molecule has 0 aromatic heterocycles. The summed E-state index contributed by atoms with van der Waals surface area (Å²) in [6, 6.07) is 0. The number of hydrogen-bond donors (Lipinski definition) is 0. The molecule has 0 heterocycles. The predicted octanol–water partition coefficient (Wildman–Crippen LogP) is 2.71. The fraction of sp³-hybridized carbons (Fsp3) is 0.333. The van der Waals surface area contributed by atoms with Crippen LogP contribution in [0.15, 0.2) is 35.2 Å². The van der Waals surface area contributed by atoms with Crippen LogP contribution in [0, 0.1) is 0 Å². The van der Waals surface area contributed by atoms with E-state index in [1.165, 1.54) is 0 Å². The molecule has 10 heavy (non-hydrogen) atoms. The second kappa shape index (κ2) is 6.06. The lowest BCUT2D eigenvalue weighted by atomic mass is 10.4. The summed E-state index contributed by atoms with van der Waals surface area (Å²) >= 11 is 0. The van der Waals surface area contributed by atoms with E-state index < -0.39 is 0 Å². The smallest absolute Gasteiger partial charge is 0.0683 e. The lowest BCUT2D eigenvalue weighted by molar-refractivity contribution is 1.23. The van der Waals surface area contributed by atoms with Gasteiger partial charge in [-0.15, -0.1) is 5.73 Å². The zero-order chi connectivity index (χ0) is 7.82. The van der Waals surface area contributed by atoms with Crippen molar-refractivity contribution in [1.82, 2.24) is 0 Å². The molecule has 0 spiro atoms. The van der Waals surface area contributed by atoms with Gasteiger partial charge in [0.2, 0.25) is 0 Å². The number of nitrogens with zero attached hydrogens (tertiary/aromatic N) is 1. The van der Waals surface area contributed by atoms with Gasteiger partial charge >= 0.3 is 0 Å². The first-order chi connectivity index (χ1) is 4.77. The van der Waals surface area contributed by atoms with Crippen molar-refractivity contribution in [2.45, 2.75) is 20.3 Å². The monoisotopic (exact) mass is 135 g/mol. The molecule has 0 saturated heterocycles. The highest BCUT2D eigenvalue weighted by molar-refractivity contribution is 5.77. The summed E-state index contributed by atoms with van der Waals surface area (Å²) in [5, 5.41) is 0. The second-order valence-corrected chi connectivity index (χ2v) is 2.03. The Kier molecular flexibility index (Phi) is 5.41. The van der Waals surface area contributed by atoms with Crippen molar-refractivity contribution >= 4 is 6.21 Å². The molecule has 54 valence electrons. The summed E-state index contributed by atoms with van der Waals surface area (Å²) < 4.78 is 0. The fourth-order valence-corrected chi connectivity index (χ4v) is 0.378. The maximum absolute atomic E-state index is 3.92. The Balaban J connectivity index is 3.72. The summed E-state index contributed by atoms with van der Waals surface area (Å²) in [5.41, 5.74) is 3.85. The van der Waals surface area contributed by atoms with Crippen molar-refractivity contribution in [3.63, 3.8) is 0 Å². The first-order valence-electron chi connectivity index (χ1n) is 3.35. The van der Waals surface area contributed by atoms with Gasteiger partial charge in [0.15, 0.2) is 0 Å².